The third-order valence-electron chi connectivity index (χ3n) is 5.04. The summed E-state index contributed by atoms with van der Waals surface area (Å²) in [6.45, 7) is 4.98. The quantitative estimate of drug-likeness (QED) is 0.541. The number of likely N-dealkylation sites (N-methyl/N-ethyl adjacent to an activating group) is 1. The predicted octanol–water partition coefficient (Wildman–Crippen LogP) is 3.88. The molecule has 0 radical (unpaired) electrons. The average Bonchev–Trinajstić information content (AvgIpc) is 3.18. The molecule has 6 heteroatoms. The second kappa shape index (κ2) is 9.39. The second-order valence-electron chi connectivity index (χ2n) is 6.90. The van der Waals surface area contributed by atoms with E-state index in [4.69, 9.17) is 4.74 Å². The first kappa shape index (κ1) is 20.6. The van der Waals surface area contributed by atoms with E-state index >= 15 is 0 Å². The van der Waals surface area contributed by atoms with Crippen LogP contribution in [0.3, 0.4) is 0 Å². The van der Waals surface area contributed by atoms with Crippen molar-refractivity contribution in [2.75, 3.05) is 32.1 Å². The van der Waals surface area contributed by atoms with Crippen molar-refractivity contribution in [1.82, 2.24) is 9.88 Å². The van der Waals surface area contributed by atoms with Gasteiger partial charge in [-0.3, -0.25) is 14.5 Å². The molecule has 0 aliphatic rings. The number of para-hydroxylation sites is 1. The normalized spacial score (nSPS) is 11.0. The van der Waals surface area contributed by atoms with Crippen molar-refractivity contribution in [3.05, 3.63) is 59.8 Å². The number of nitrogens with one attached hydrogen (secondary N) is 2. The molecule has 1 aromatic heterocycles. The molecule has 2 N–H and O–H groups in total. The molecule has 3 rings (SSSR count). The van der Waals surface area contributed by atoms with Gasteiger partial charge in [0, 0.05) is 28.4 Å². The summed E-state index contributed by atoms with van der Waals surface area (Å²) in [5, 5.41) is 3.80. The molecule has 0 atom stereocenters. The maximum Gasteiger partial charge on any atom is 0.238 e. The number of ketones is 1. The molecule has 0 aliphatic carbocycles. The Hall–Kier alpha value is -3.12. The highest BCUT2D eigenvalue weighted by Crippen LogP contribution is 2.23. The van der Waals surface area contributed by atoms with Gasteiger partial charge < -0.3 is 15.0 Å². The van der Waals surface area contributed by atoms with Crippen molar-refractivity contribution in [2.24, 2.45) is 0 Å². The number of nitrogens with zero attached hydrogens (tertiary/aromatic N) is 1. The van der Waals surface area contributed by atoms with Crippen LogP contribution >= 0.6 is 0 Å². The fraction of sp³-hybridized carbons (Fsp3) is 0.304. The molecule has 0 saturated heterocycles. The number of ether oxygens (including phenoxy) is 1. The number of rotatable bonds is 9. The van der Waals surface area contributed by atoms with Gasteiger partial charge in [0.2, 0.25) is 5.91 Å². The lowest BCUT2D eigenvalue weighted by Crippen LogP contribution is -2.36. The first-order chi connectivity index (χ1) is 14.0. The highest BCUT2D eigenvalue weighted by molar-refractivity contribution is 6.09. The molecule has 0 saturated carbocycles. The van der Waals surface area contributed by atoms with Crippen molar-refractivity contribution in [1.29, 1.82) is 0 Å². The van der Waals surface area contributed by atoms with E-state index < -0.39 is 0 Å². The Labute approximate surface area is 170 Å². The standard InChI is InChI=1S/C23H27N3O3/c1-4-16-7-6-8-19-20(13-24-23(16)19)21(27)14-26(5-2)15-22(28)25-17-9-11-18(29-3)12-10-17/h6-13,24H,4-5,14-15H2,1-3H3,(H,25,28). The fourth-order valence-electron chi connectivity index (χ4n) is 3.39. The SMILES string of the molecule is CCc1cccc2c(C(=O)CN(CC)CC(=O)Nc3ccc(OC)cc3)c[nH]c12. The van der Waals surface area contributed by atoms with Crippen LogP contribution in [-0.2, 0) is 11.2 Å². The number of hydrogen-bond acceptors (Lipinski definition) is 4. The number of methoxy groups -OCH3 is 1. The van der Waals surface area contributed by atoms with Crippen LogP contribution in [0.5, 0.6) is 5.75 Å². The van der Waals surface area contributed by atoms with Crippen LogP contribution < -0.4 is 10.1 Å². The van der Waals surface area contributed by atoms with Crippen LogP contribution in [0, 0.1) is 0 Å². The third kappa shape index (κ3) is 4.84. The average molecular weight is 393 g/mol. The van der Waals surface area contributed by atoms with Gasteiger partial charge in [0.05, 0.1) is 20.2 Å². The molecule has 0 fully saturated rings. The summed E-state index contributed by atoms with van der Waals surface area (Å²) in [5.74, 6) is 0.578. The zero-order chi connectivity index (χ0) is 20.8. The van der Waals surface area contributed by atoms with E-state index in [1.165, 1.54) is 5.56 Å². The minimum atomic E-state index is -0.156. The van der Waals surface area contributed by atoms with Crippen molar-refractivity contribution in [3.63, 3.8) is 0 Å². The van der Waals surface area contributed by atoms with Gasteiger partial charge in [0.25, 0.3) is 0 Å². The zero-order valence-electron chi connectivity index (χ0n) is 17.1. The molecule has 1 heterocycles. The number of carbonyl (C=O) groups is 2. The number of carbonyl (C=O) groups excluding carboxylic acids is 2. The minimum Gasteiger partial charge on any atom is -0.497 e. The number of aromatic nitrogens is 1. The topological polar surface area (TPSA) is 74.4 Å². The first-order valence-corrected chi connectivity index (χ1v) is 9.84. The Balaban J connectivity index is 1.64. The van der Waals surface area contributed by atoms with Crippen LogP contribution in [0.25, 0.3) is 10.9 Å². The smallest absolute Gasteiger partial charge is 0.238 e. The molecular formula is C23H27N3O3. The summed E-state index contributed by atoms with van der Waals surface area (Å²) in [4.78, 5) is 30.4. The Kier molecular flexibility index (Phi) is 6.67. The van der Waals surface area contributed by atoms with E-state index in [9.17, 15) is 9.59 Å². The Morgan fingerprint density at radius 3 is 2.48 bits per heavy atom. The maximum absolute atomic E-state index is 12.9. The number of aromatic amines is 1. The van der Waals surface area contributed by atoms with Crippen molar-refractivity contribution in [2.45, 2.75) is 20.3 Å². The van der Waals surface area contributed by atoms with Gasteiger partial charge in [0.15, 0.2) is 5.78 Å². The number of amides is 1. The van der Waals surface area contributed by atoms with Crippen LogP contribution in [-0.4, -0.2) is 48.3 Å². The fourth-order valence-corrected chi connectivity index (χ4v) is 3.39. The molecule has 1 amide bonds. The summed E-state index contributed by atoms with van der Waals surface area (Å²) < 4.78 is 5.12. The number of anilines is 1. The Bertz CT molecular complexity index is 992. The number of benzene rings is 2. The lowest BCUT2D eigenvalue weighted by atomic mass is 10.0. The molecule has 29 heavy (non-hydrogen) atoms. The molecule has 2 aromatic carbocycles. The summed E-state index contributed by atoms with van der Waals surface area (Å²) >= 11 is 0. The number of Topliss-reactive ketones (excluding diaryl/α,β-unsaturated/α-hetero) is 1. The van der Waals surface area contributed by atoms with Crippen molar-refractivity contribution < 1.29 is 14.3 Å². The number of fused-ring (bicyclic) bond motifs is 1. The zero-order valence-corrected chi connectivity index (χ0v) is 17.1. The third-order valence-corrected chi connectivity index (χ3v) is 5.04. The largest absolute Gasteiger partial charge is 0.497 e. The Morgan fingerprint density at radius 2 is 1.83 bits per heavy atom. The molecule has 0 bridgehead atoms. The summed E-state index contributed by atoms with van der Waals surface area (Å²) in [5.41, 5.74) is 3.57. The van der Waals surface area contributed by atoms with Crippen LogP contribution in [0.4, 0.5) is 5.69 Å². The van der Waals surface area contributed by atoms with Gasteiger partial charge in [0.1, 0.15) is 5.75 Å². The predicted molar refractivity (Wildman–Crippen MR) is 116 cm³/mol. The number of aryl methyl sites for hydroxylation is 1. The highest BCUT2D eigenvalue weighted by atomic mass is 16.5. The lowest BCUT2D eigenvalue weighted by Gasteiger charge is -2.19. The molecule has 6 nitrogen and oxygen atoms in total. The monoisotopic (exact) mass is 393 g/mol. The van der Waals surface area contributed by atoms with Gasteiger partial charge in [-0.1, -0.05) is 32.0 Å². The number of H-pyrrole nitrogens is 1. The van der Waals surface area contributed by atoms with E-state index in [-0.39, 0.29) is 24.8 Å². The van der Waals surface area contributed by atoms with Crippen molar-refractivity contribution in [3.8, 4) is 5.75 Å². The van der Waals surface area contributed by atoms with E-state index in [0.29, 0.717) is 17.8 Å². The summed E-state index contributed by atoms with van der Waals surface area (Å²) in [7, 11) is 1.60. The summed E-state index contributed by atoms with van der Waals surface area (Å²) in [6, 6.07) is 13.2. The first-order valence-electron chi connectivity index (χ1n) is 9.84. The summed E-state index contributed by atoms with van der Waals surface area (Å²) in [6.07, 6.45) is 2.68. The van der Waals surface area contributed by atoms with Gasteiger partial charge >= 0.3 is 0 Å². The van der Waals surface area contributed by atoms with E-state index in [1.54, 1.807) is 37.6 Å². The highest BCUT2D eigenvalue weighted by Gasteiger charge is 2.18. The molecule has 0 spiro atoms. The molecular weight excluding hydrogens is 366 g/mol. The van der Waals surface area contributed by atoms with Gasteiger partial charge in [-0.05, 0) is 42.8 Å². The minimum absolute atomic E-state index is 0.00333. The lowest BCUT2D eigenvalue weighted by molar-refractivity contribution is -0.117. The molecule has 152 valence electrons. The molecule has 3 aromatic rings. The van der Waals surface area contributed by atoms with Gasteiger partial charge in [-0.15, -0.1) is 0 Å². The van der Waals surface area contributed by atoms with E-state index in [0.717, 1.165) is 23.1 Å². The van der Waals surface area contributed by atoms with Gasteiger partial charge in [-0.25, -0.2) is 0 Å². The molecule has 0 aliphatic heterocycles. The Morgan fingerprint density at radius 1 is 1.07 bits per heavy atom. The van der Waals surface area contributed by atoms with Crippen LogP contribution in [0.15, 0.2) is 48.7 Å². The van der Waals surface area contributed by atoms with Crippen molar-refractivity contribution >= 4 is 28.3 Å². The van der Waals surface area contributed by atoms with E-state index in [2.05, 4.69) is 23.3 Å². The van der Waals surface area contributed by atoms with Crippen LogP contribution in [0.1, 0.15) is 29.8 Å². The molecule has 0 unspecified atom stereocenters. The second-order valence-corrected chi connectivity index (χ2v) is 6.90. The van der Waals surface area contributed by atoms with Gasteiger partial charge in [-0.2, -0.15) is 0 Å². The maximum atomic E-state index is 12.9. The number of hydrogen-bond donors (Lipinski definition) is 2. The van der Waals surface area contributed by atoms with Crippen LogP contribution in [0.2, 0.25) is 0 Å². The van der Waals surface area contributed by atoms with E-state index in [1.807, 2.05) is 24.0 Å².